The molecule has 1 saturated heterocycles. The molecule has 44 heavy (non-hydrogen) atoms. The first kappa shape index (κ1) is 30.5. The maximum absolute atomic E-state index is 13.9. The Morgan fingerprint density at radius 2 is 1.82 bits per heavy atom. The van der Waals surface area contributed by atoms with Crippen molar-refractivity contribution in [1.29, 1.82) is 0 Å². The maximum Gasteiger partial charge on any atom is 0.586 e. The van der Waals surface area contributed by atoms with E-state index in [0.29, 0.717) is 50.0 Å². The third-order valence-electron chi connectivity index (χ3n) is 8.60. The first-order chi connectivity index (χ1) is 20.7. The third kappa shape index (κ3) is 6.04. The molecule has 4 aliphatic heterocycles. The van der Waals surface area contributed by atoms with E-state index in [2.05, 4.69) is 19.5 Å². The minimum atomic E-state index is -4.91. The number of β-amino-alcohol motifs (C(OH)–C–C–N with tert-alkyl or cyclic N) is 1. The Labute approximate surface area is 248 Å². The molecule has 1 fully saturated rings. The third-order valence-corrected chi connectivity index (χ3v) is 8.60. The lowest BCUT2D eigenvalue weighted by Crippen LogP contribution is -2.48. The van der Waals surface area contributed by atoms with Gasteiger partial charge in [-0.3, -0.25) is 4.79 Å². The molecule has 4 atom stereocenters. The predicted octanol–water partition coefficient (Wildman–Crippen LogP) is 3.63. The molecule has 4 heterocycles. The molecule has 2 aromatic rings. The summed E-state index contributed by atoms with van der Waals surface area (Å²) in [5.74, 6) is -1.07. The number of ether oxygens (including phenoxy) is 5. The van der Waals surface area contributed by atoms with Crippen molar-refractivity contribution in [3.05, 3.63) is 41.5 Å². The summed E-state index contributed by atoms with van der Waals surface area (Å²) in [4.78, 5) is 15.9. The van der Waals surface area contributed by atoms with Crippen molar-refractivity contribution < 1.29 is 60.6 Å². The number of carbonyl (C=O) groups excluding carboxylic acids is 1. The number of piperidine rings is 1. The van der Waals surface area contributed by atoms with Crippen LogP contribution in [0.2, 0.25) is 0 Å². The molecule has 4 aliphatic rings. The quantitative estimate of drug-likeness (QED) is 0.394. The van der Waals surface area contributed by atoms with E-state index >= 15 is 0 Å². The molecule has 2 aromatic carbocycles. The number of aliphatic hydroxyl groups is 2. The second kappa shape index (κ2) is 11.1. The number of carbonyl (C=O) groups is 1. The number of benzene rings is 2. The molecule has 1 amide bonds. The Morgan fingerprint density at radius 1 is 1.11 bits per heavy atom. The van der Waals surface area contributed by atoms with E-state index in [1.807, 2.05) is 4.90 Å². The summed E-state index contributed by atoms with van der Waals surface area (Å²) in [6.45, 7) is 2.70. The lowest BCUT2D eigenvalue weighted by Gasteiger charge is -2.41. The summed E-state index contributed by atoms with van der Waals surface area (Å²) in [6.07, 6.45) is -8.44. The van der Waals surface area contributed by atoms with Crippen LogP contribution in [0, 0.1) is 5.92 Å². The normalized spacial score (nSPS) is 26.6. The fourth-order valence-corrected chi connectivity index (χ4v) is 6.29. The number of hydrogen-bond acceptors (Lipinski definition) is 9. The second-order valence-electron chi connectivity index (χ2n) is 11.7. The molecular weight excluding hydrogens is 599 g/mol. The van der Waals surface area contributed by atoms with Gasteiger partial charge in [-0.15, -0.1) is 22.0 Å². The highest BCUT2D eigenvalue weighted by molar-refractivity contribution is 5.90. The van der Waals surface area contributed by atoms with Crippen LogP contribution < -0.4 is 29.0 Å². The van der Waals surface area contributed by atoms with Crippen LogP contribution in [0.4, 0.5) is 22.0 Å². The average Bonchev–Trinajstić information content (AvgIpc) is 3.45. The van der Waals surface area contributed by atoms with E-state index in [0.717, 1.165) is 12.1 Å². The molecule has 0 radical (unpaired) electrons. The van der Waals surface area contributed by atoms with Gasteiger partial charge in [-0.2, -0.15) is 0 Å². The van der Waals surface area contributed by atoms with E-state index in [4.69, 9.17) is 14.6 Å². The number of nitrogens with zero attached hydrogens (tertiary/aromatic N) is 1. The number of halogens is 5. The molecule has 0 aromatic heterocycles. The van der Waals surface area contributed by atoms with Crippen molar-refractivity contribution >= 4 is 5.91 Å². The molecule has 3 N–H and O–H groups in total. The van der Waals surface area contributed by atoms with Gasteiger partial charge in [0.15, 0.2) is 11.5 Å². The number of nitrogens with one attached hydrogen (secondary N) is 1. The fourth-order valence-electron chi connectivity index (χ4n) is 6.29. The Kier molecular flexibility index (Phi) is 7.69. The number of amides is 1. The smallest absolute Gasteiger partial charge is 0.492 e. The van der Waals surface area contributed by atoms with Crippen molar-refractivity contribution in [3.63, 3.8) is 0 Å². The van der Waals surface area contributed by atoms with Crippen LogP contribution >= 0.6 is 0 Å². The molecule has 15 heteroatoms. The predicted molar refractivity (Wildman–Crippen MR) is 141 cm³/mol. The van der Waals surface area contributed by atoms with Gasteiger partial charge >= 0.3 is 12.7 Å². The van der Waals surface area contributed by atoms with Crippen LogP contribution in [0.5, 0.6) is 28.7 Å². The number of fused-ring (bicyclic) bond motifs is 3. The standard InChI is InChI=1S/C29H31F5N2O8/c1-27(14-40-23-11-25-24(9-19(23)27)43-29(33,34)44-25)26(39)35-20-10-21(15-4-6-36(7-5-15)12-16(38)13-37)41-22-8-17(2-3-18(20)22)42-28(30,31)32/h2-3,8-9,11,15-16,20-21,37-38H,4-7,10,12-14H2,1H3,(H,35,39)/t16-,20+,21+,27?/m0/s1. The van der Waals surface area contributed by atoms with Crippen molar-refractivity contribution in [2.45, 2.75) is 62.5 Å². The number of rotatable bonds is 7. The van der Waals surface area contributed by atoms with Gasteiger partial charge in [0, 0.05) is 36.2 Å². The first-order valence-corrected chi connectivity index (χ1v) is 14.2. The zero-order valence-electron chi connectivity index (χ0n) is 23.5. The van der Waals surface area contributed by atoms with Crippen LogP contribution in [0.15, 0.2) is 30.3 Å². The summed E-state index contributed by atoms with van der Waals surface area (Å²) >= 11 is 0. The average molecular weight is 631 g/mol. The number of alkyl halides is 5. The molecule has 1 unspecified atom stereocenters. The zero-order valence-corrected chi connectivity index (χ0v) is 23.5. The van der Waals surface area contributed by atoms with Crippen LogP contribution in [0.3, 0.4) is 0 Å². The van der Waals surface area contributed by atoms with Gasteiger partial charge in [-0.25, -0.2) is 0 Å². The Morgan fingerprint density at radius 3 is 2.50 bits per heavy atom. The van der Waals surface area contributed by atoms with E-state index in [9.17, 15) is 31.9 Å². The number of hydrogen-bond donors (Lipinski definition) is 3. The number of likely N-dealkylation sites (tertiary alicyclic amines) is 1. The molecule has 0 spiro atoms. The maximum atomic E-state index is 13.9. The largest absolute Gasteiger partial charge is 0.586 e. The topological polar surface area (TPSA) is 119 Å². The van der Waals surface area contributed by atoms with Gasteiger partial charge in [0.05, 0.1) is 18.8 Å². The molecular formula is C29H31F5N2O8. The van der Waals surface area contributed by atoms with Crippen LogP contribution in [0.25, 0.3) is 0 Å². The van der Waals surface area contributed by atoms with Crippen LogP contribution in [-0.2, 0) is 10.2 Å². The first-order valence-electron chi connectivity index (χ1n) is 14.2. The highest BCUT2D eigenvalue weighted by atomic mass is 19.4. The molecule has 240 valence electrons. The summed E-state index contributed by atoms with van der Waals surface area (Å²) in [5, 5.41) is 22.0. The second-order valence-corrected chi connectivity index (χ2v) is 11.7. The van der Waals surface area contributed by atoms with E-state index < -0.39 is 48.0 Å². The molecule has 0 bridgehead atoms. The van der Waals surface area contributed by atoms with E-state index in [-0.39, 0.29) is 42.1 Å². The molecule has 6 rings (SSSR count). The minimum Gasteiger partial charge on any atom is -0.492 e. The molecule has 10 nitrogen and oxygen atoms in total. The zero-order chi connectivity index (χ0) is 31.4. The lowest BCUT2D eigenvalue weighted by molar-refractivity contribution is -0.286. The van der Waals surface area contributed by atoms with Gasteiger partial charge in [-0.05, 0) is 57.0 Å². The van der Waals surface area contributed by atoms with Gasteiger partial charge in [0.1, 0.15) is 35.4 Å². The number of aliphatic hydroxyl groups excluding tert-OH is 2. The van der Waals surface area contributed by atoms with Crippen molar-refractivity contribution in [1.82, 2.24) is 10.2 Å². The van der Waals surface area contributed by atoms with Crippen LogP contribution in [-0.4, -0.2) is 78.7 Å². The minimum absolute atomic E-state index is 0.00945. The molecule has 0 saturated carbocycles. The van der Waals surface area contributed by atoms with Gasteiger partial charge in [0.25, 0.3) is 0 Å². The van der Waals surface area contributed by atoms with Gasteiger partial charge < -0.3 is 44.1 Å². The van der Waals surface area contributed by atoms with Crippen molar-refractivity contribution in [2.24, 2.45) is 5.92 Å². The summed E-state index contributed by atoms with van der Waals surface area (Å²) in [6, 6.07) is 5.59. The van der Waals surface area contributed by atoms with Crippen molar-refractivity contribution in [2.75, 3.05) is 32.8 Å². The highest BCUT2D eigenvalue weighted by Crippen LogP contribution is 2.50. The Hall–Kier alpha value is -3.56. The summed E-state index contributed by atoms with van der Waals surface area (Å²) in [5.41, 5.74) is -0.524. The van der Waals surface area contributed by atoms with Crippen molar-refractivity contribution in [3.8, 4) is 28.7 Å². The SMILES string of the molecule is CC1(C(=O)N[C@@H]2C[C@H](C3CCN(C[C@H](O)CO)CC3)Oc3cc(OC(F)(F)F)ccc32)COc2cc3c(cc21)OC(F)(F)O3. The lowest BCUT2D eigenvalue weighted by atomic mass is 9.81. The van der Waals surface area contributed by atoms with Crippen LogP contribution in [0.1, 0.15) is 43.4 Å². The van der Waals surface area contributed by atoms with E-state index in [1.54, 1.807) is 6.92 Å². The Bertz CT molecular complexity index is 1420. The monoisotopic (exact) mass is 630 g/mol. The summed E-state index contributed by atoms with van der Waals surface area (Å²) < 4.78 is 91.3. The fraction of sp³-hybridized carbons (Fsp3) is 0.552. The molecule has 0 aliphatic carbocycles. The van der Waals surface area contributed by atoms with E-state index in [1.165, 1.54) is 18.2 Å². The summed E-state index contributed by atoms with van der Waals surface area (Å²) in [7, 11) is 0. The highest BCUT2D eigenvalue weighted by Gasteiger charge is 2.50. The van der Waals surface area contributed by atoms with Gasteiger partial charge in [-0.1, -0.05) is 0 Å². The Balaban J connectivity index is 1.24. The van der Waals surface area contributed by atoms with Gasteiger partial charge in [0.2, 0.25) is 5.91 Å².